The molecule has 2 rings (SSSR count). The number of anilines is 1. The van der Waals surface area contributed by atoms with Crippen molar-refractivity contribution in [3.8, 4) is 5.75 Å². The number of aromatic hydroxyl groups is 1. The summed E-state index contributed by atoms with van der Waals surface area (Å²) in [7, 11) is 0. The fraction of sp³-hybridized carbons (Fsp3) is 0. The van der Waals surface area contributed by atoms with Crippen LogP contribution in [0.15, 0.2) is 34.0 Å². The number of hydrogen-bond acceptors (Lipinski definition) is 7. The van der Waals surface area contributed by atoms with Crippen LogP contribution in [0.1, 0.15) is 16.1 Å². The molecule has 8 nitrogen and oxygen atoms in total. The fourth-order valence-electron chi connectivity index (χ4n) is 1.13. The topological polar surface area (TPSA) is 127 Å². The normalized spacial score (nSPS) is 10.7. The highest BCUT2D eigenvalue weighted by molar-refractivity contribution is 5.96. The van der Waals surface area contributed by atoms with E-state index in [4.69, 9.17) is 10.8 Å². The third-order valence-electron chi connectivity index (χ3n) is 2.00. The maximum absolute atomic E-state index is 11.5. The van der Waals surface area contributed by atoms with Gasteiger partial charge in [-0.2, -0.15) is 5.10 Å². The number of nitrogens with one attached hydrogen (secondary N) is 1. The molecule has 0 bridgehead atoms. The van der Waals surface area contributed by atoms with Gasteiger partial charge in [0, 0.05) is 0 Å². The number of rotatable bonds is 3. The van der Waals surface area contributed by atoms with Crippen LogP contribution in [0.25, 0.3) is 0 Å². The average Bonchev–Trinajstić information content (AvgIpc) is 2.78. The van der Waals surface area contributed by atoms with E-state index in [1.807, 2.05) is 0 Å². The number of benzene rings is 1. The summed E-state index contributed by atoms with van der Waals surface area (Å²) in [5.41, 5.74) is 8.13. The predicted molar refractivity (Wildman–Crippen MR) is 61.9 cm³/mol. The molecule has 0 unspecified atom stereocenters. The molecule has 0 radical (unpaired) electrons. The molecule has 8 heteroatoms. The number of phenols is 1. The Morgan fingerprint density at radius 2 is 2.11 bits per heavy atom. The van der Waals surface area contributed by atoms with E-state index in [0.717, 1.165) is 0 Å². The molecule has 0 saturated carbocycles. The molecule has 1 heterocycles. The first kappa shape index (κ1) is 11.6. The zero-order chi connectivity index (χ0) is 13.0. The summed E-state index contributed by atoms with van der Waals surface area (Å²) in [5.74, 6) is -0.575. The van der Waals surface area contributed by atoms with Gasteiger partial charge < -0.3 is 10.8 Å². The van der Waals surface area contributed by atoms with Crippen LogP contribution in [-0.4, -0.2) is 27.5 Å². The fourth-order valence-corrected chi connectivity index (χ4v) is 1.13. The quantitative estimate of drug-likeness (QED) is 0.522. The third kappa shape index (κ3) is 2.61. The van der Waals surface area contributed by atoms with Gasteiger partial charge in [0.2, 0.25) is 11.5 Å². The summed E-state index contributed by atoms with van der Waals surface area (Å²) < 4.78 is 4.28. The molecule has 4 N–H and O–H groups in total. The van der Waals surface area contributed by atoms with E-state index in [1.165, 1.54) is 18.3 Å². The minimum absolute atomic E-state index is 0.104. The van der Waals surface area contributed by atoms with Crippen molar-refractivity contribution in [1.29, 1.82) is 0 Å². The van der Waals surface area contributed by atoms with Crippen molar-refractivity contribution >= 4 is 17.9 Å². The monoisotopic (exact) mass is 247 g/mol. The highest BCUT2D eigenvalue weighted by Gasteiger charge is 2.14. The molecular weight excluding hydrogens is 238 g/mol. The van der Waals surface area contributed by atoms with E-state index in [0.29, 0.717) is 5.56 Å². The van der Waals surface area contributed by atoms with Crippen LogP contribution in [0, 0.1) is 0 Å². The number of aromatic nitrogens is 2. The number of hydrogen-bond donors (Lipinski definition) is 3. The summed E-state index contributed by atoms with van der Waals surface area (Å²) in [6, 6.07) is 6.28. The number of nitrogens with zero attached hydrogens (tertiary/aromatic N) is 3. The highest BCUT2D eigenvalue weighted by Crippen LogP contribution is 2.07. The smallest absolute Gasteiger partial charge is 0.297 e. The van der Waals surface area contributed by atoms with Crippen LogP contribution in [0.3, 0.4) is 0 Å². The Hall–Kier alpha value is -2.90. The molecule has 0 aliphatic rings. The summed E-state index contributed by atoms with van der Waals surface area (Å²) in [4.78, 5) is 11.5. The number of nitrogens with two attached hydrogens (primary N) is 1. The van der Waals surface area contributed by atoms with Gasteiger partial charge in [0.1, 0.15) is 5.75 Å². The molecule has 0 fully saturated rings. The third-order valence-corrected chi connectivity index (χ3v) is 2.00. The number of amides is 1. The largest absolute Gasteiger partial charge is 0.508 e. The van der Waals surface area contributed by atoms with Crippen LogP contribution in [0.5, 0.6) is 5.75 Å². The molecule has 0 aliphatic heterocycles. The van der Waals surface area contributed by atoms with Crippen molar-refractivity contribution in [3.05, 3.63) is 35.5 Å². The maximum Gasteiger partial charge on any atom is 0.297 e. The highest BCUT2D eigenvalue weighted by atomic mass is 16.6. The van der Waals surface area contributed by atoms with E-state index in [9.17, 15) is 4.79 Å². The van der Waals surface area contributed by atoms with Gasteiger partial charge in [0.15, 0.2) is 0 Å². The number of nitrogen functional groups attached to an aromatic ring is 1. The molecule has 92 valence electrons. The predicted octanol–water partition coefficient (Wildman–Crippen LogP) is 0.121. The molecule has 2 aromatic rings. The van der Waals surface area contributed by atoms with E-state index in [-0.39, 0.29) is 17.3 Å². The van der Waals surface area contributed by atoms with E-state index in [1.54, 1.807) is 12.1 Å². The Morgan fingerprint density at radius 1 is 1.39 bits per heavy atom. The molecule has 18 heavy (non-hydrogen) atoms. The van der Waals surface area contributed by atoms with E-state index < -0.39 is 5.91 Å². The maximum atomic E-state index is 11.5. The molecule has 0 spiro atoms. The van der Waals surface area contributed by atoms with Crippen molar-refractivity contribution in [2.24, 2.45) is 5.10 Å². The van der Waals surface area contributed by atoms with Gasteiger partial charge in [-0.05, 0) is 40.1 Å². The average molecular weight is 247 g/mol. The molecule has 1 aromatic carbocycles. The molecular formula is C10H9N5O3. The first-order chi connectivity index (χ1) is 8.66. The lowest BCUT2D eigenvalue weighted by Gasteiger charge is -1.95. The molecule has 0 aliphatic carbocycles. The van der Waals surface area contributed by atoms with Crippen molar-refractivity contribution in [2.45, 2.75) is 0 Å². The van der Waals surface area contributed by atoms with Crippen LogP contribution in [-0.2, 0) is 0 Å². The summed E-state index contributed by atoms with van der Waals surface area (Å²) >= 11 is 0. The lowest BCUT2D eigenvalue weighted by Crippen LogP contribution is -2.19. The minimum atomic E-state index is -0.622. The molecule has 1 amide bonds. The number of phenolic OH excluding ortho intramolecular Hbond substituents is 1. The van der Waals surface area contributed by atoms with E-state index >= 15 is 0 Å². The van der Waals surface area contributed by atoms with Gasteiger partial charge in [-0.15, -0.1) is 0 Å². The Kier molecular flexibility index (Phi) is 3.19. The Bertz CT molecular complexity index is 575. The minimum Gasteiger partial charge on any atom is -0.508 e. The Labute approximate surface area is 101 Å². The zero-order valence-electron chi connectivity index (χ0n) is 9.07. The lowest BCUT2D eigenvalue weighted by molar-refractivity contribution is 0.0946. The second kappa shape index (κ2) is 4.95. The summed E-state index contributed by atoms with van der Waals surface area (Å²) in [6.07, 6.45) is 1.40. The van der Waals surface area contributed by atoms with Gasteiger partial charge in [-0.3, -0.25) is 4.79 Å². The van der Waals surface area contributed by atoms with Gasteiger partial charge in [-0.1, -0.05) is 0 Å². The number of carbonyl (C=O) groups excluding carboxylic acids is 1. The van der Waals surface area contributed by atoms with E-state index in [2.05, 4.69) is 25.5 Å². The molecule has 1 aromatic heterocycles. The van der Waals surface area contributed by atoms with Crippen molar-refractivity contribution in [1.82, 2.24) is 15.7 Å². The van der Waals surface area contributed by atoms with Crippen molar-refractivity contribution in [3.63, 3.8) is 0 Å². The zero-order valence-corrected chi connectivity index (χ0v) is 9.07. The van der Waals surface area contributed by atoms with Gasteiger partial charge in [0.25, 0.3) is 5.91 Å². The lowest BCUT2D eigenvalue weighted by atomic mass is 10.2. The van der Waals surface area contributed by atoms with Crippen LogP contribution in [0.4, 0.5) is 5.82 Å². The second-order valence-electron chi connectivity index (χ2n) is 3.29. The van der Waals surface area contributed by atoms with Gasteiger partial charge in [0.05, 0.1) is 6.21 Å². The van der Waals surface area contributed by atoms with Crippen LogP contribution >= 0.6 is 0 Å². The Morgan fingerprint density at radius 3 is 2.72 bits per heavy atom. The van der Waals surface area contributed by atoms with Crippen LogP contribution in [0.2, 0.25) is 0 Å². The first-order valence-corrected chi connectivity index (χ1v) is 4.87. The van der Waals surface area contributed by atoms with Crippen molar-refractivity contribution in [2.75, 3.05) is 5.73 Å². The van der Waals surface area contributed by atoms with Gasteiger partial charge in [-0.25, -0.2) is 10.1 Å². The summed E-state index contributed by atoms with van der Waals surface area (Å²) in [5, 5.41) is 19.4. The standard InChI is InChI=1S/C10H9N5O3/c11-9-8(14-18-15-9)10(17)13-12-5-6-1-3-7(16)4-2-6/h1-5,16H,(H2,11,15)(H,13,17). The SMILES string of the molecule is Nc1nonc1C(=O)NN=Cc1ccc(O)cc1. The molecule has 0 saturated heterocycles. The summed E-state index contributed by atoms with van der Waals surface area (Å²) in [6.45, 7) is 0. The first-order valence-electron chi connectivity index (χ1n) is 4.87. The second-order valence-corrected chi connectivity index (χ2v) is 3.29. The van der Waals surface area contributed by atoms with Gasteiger partial charge >= 0.3 is 0 Å². The molecule has 0 atom stereocenters. The number of carbonyl (C=O) groups is 1. The Balaban J connectivity index is 1.98. The number of hydrazone groups is 1. The van der Waals surface area contributed by atoms with Crippen molar-refractivity contribution < 1.29 is 14.5 Å². The van der Waals surface area contributed by atoms with Crippen LogP contribution < -0.4 is 11.2 Å².